The number of hydrogen-bond acceptors (Lipinski definition) is 0. The molecule has 0 N–H and O–H groups in total. The van der Waals surface area contributed by atoms with Gasteiger partial charge in [0.15, 0.2) is 0 Å². The Morgan fingerprint density at radius 3 is 1.10 bits per heavy atom. The molecule has 0 heteroatoms. The van der Waals surface area contributed by atoms with Crippen molar-refractivity contribution < 1.29 is 0 Å². The minimum Gasteiger partial charge on any atom is -0.0885 e. The van der Waals surface area contributed by atoms with Crippen molar-refractivity contribution in [1.29, 1.82) is 0 Å². The van der Waals surface area contributed by atoms with Gasteiger partial charge < -0.3 is 0 Å². The van der Waals surface area contributed by atoms with Crippen LogP contribution >= 0.6 is 0 Å². The Balaban J connectivity index is 1.66. The summed E-state index contributed by atoms with van der Waals surface area (Å²) in [4.78, 5) is 0. The maximum absolute atomic E-state index is 2.54. The van der Waals surface area contributed by atoms with Crippen LogP contribution in [0, 0.1) is 11.8 Å². The highest BCUT2D eigenvalue weighted by Gasteiger charge is 2.19. The van der Waals surface area contributed by atoms with Gasteiger partial charge in [-0.2, -0.15) is 0 Å². The van der Waals surface area contributed by atoms with Crippen LogP contribution in [0.4, 0.5) is 0 Å². The van der Waals surface area contributed by atoms with E-state index in [2.05, 4.69) is 26.0 Å². The number of hydrogen-bond donors (Lipinski definition) is 0. The van der Waals surface area contributed by atoms with Gasteiger partial charge in [0.2, 0.25) is 0 Å². The van der Waals surface area contributed by atoms with E-state index in [0.29, 0.717) is 0 Å². The summed E-state index contributed by atoms with van der Waals surface area (Å²) in [7, 11) is 0. The molecule has 1 aliphatic rings. The van der Waals surface area contributed by atoms with Gasteiger partial charge in [-0.1, -0.05) is 225 Å². The van der Waals surface area contributed by atoms with E-state index in [0.717, 1.165) is 11.8 Å². The predicted molar refractivity (Wildman–Crippen MR) is 189 cm³/mol. The molecule has 1 fully saturated rings. The van der Waals surface area contributed by atoms with Crippen molar-refractivity contribution in [2.75, 3.05) is 0 Å². The van der Waals surface area contributed by atoms with Gasteiger partial charge in [-0.25, -0.2) is 0 Å². The van der Waals surface area contributed by atoms with Crippen molar-refractivity contribution in [2.24, 2.45) is 11.8 Å². The lowest BCUT2D eigenvalue weighted by atomic mass is 9.79. The molecule has 0 aromatic carbocycles. The van der Waals surface area contributed by atoms with Crippen LogP contribution in [0.15, 0.2) is 12.2 Å². The first-order chi connectivity index (χ1) is 20.3. The molecule has 1 atom stereocenters. The molecule has 0 saturated heterocycles. The van der Waals surface area contributed by atoms with Crippen molar-refractivity contribution in [3.05, 3.63) is 12.2 Å². The first-order valence-corrected chi connectivity index (χ1v) is 20.0. The van der Waals surface area contributed by atoms with Gasteiger partial charge in [-0.15, -0.1) is 0 Å². The molecule has 0 bridgehead atoms. The van der Waals surface area contributed by atoms with Gasteiger partial charge in [0.25, 0.3) is 0 Å². The van der Waals surface area contributed by atoms with Crippen molar-refractivity contribution in [3.63, 3.8) is 0 Å². The lowest BCUT2D eigenvalue weighted by molar-refractivity contribution is 0.247. The molecule has 0 aromatic rings. The first-order valence-electron chi connectivity index (χ1n) is 20.0. The Morgan fingerprint density at radius 1 is 0.415 bits per heavy atom. The smallest absolute Gasteiger partial charge is 0.0351 e. The fraction of sp³-hybridized carbons (Fsp3) is 0.951. The Morgan fingerprint density at radius 2 is 0.732 bits per heavy atom. The summed E-state index contributed by atoms with van der Waals surface area (Å²) in [6, 6.07) is 0. The standard InChI is InChI=1S/C41H80/c1-3-4-5-6-7-8-9-10-11-12-13-14-15-16-17-18-19-20-21-22-23-24-25-26-27-28-29-30-31-32-34-37-40(2)41-38-35-33-36-39-41/h19-20,40-41H,3-18,21-39H2,1-2H3/b20-19+. The molecule has 1 saturated carbocycles. The summed E-state index contributed by atoms with van der Waals surface area (Å²) in [5.41, 5.74) is 0. The minimum absolute atomic E-state index is 0.995. The van der Waals surface area contributed by atoms with E-state index in [9.17, 15) is 0 Å². The van der Waals surface area contributed by atoms with Gasteiger partial charge in [0.1, 0.15) is 0 Å². The van der Waals surface area contributed by atoms with E-state index < -0.39 is 0 Å². The van der Waals surface area contributed by atoms with Crippen LogP contribution in [0.5, 0.6) is 0 Å². The van der Waals surface area contributed by atoms with E-state index in [4.69, 9.17) is 0 Å². The molecule has 41 heavy (non-hydrogen) atoms. The van der Waals surface area contributed by atoms with Crippen molar-refractivity contribution >= 4 is 0 Å². The number of allylic oxidation sites excluding steroid dienone is 2. The maximum atomic E-state index is 2.54. The molecule has 0 aromatic heterocycles. The van der Waals surface area contributed by atoms with Crippen LogP contribution in [-0.2, 0) is 0 Å². The molecule has 0 amide bonds. The van der Waals surface area contributed by atoms with Gasteiger partial charge in [0.05, 0.1) is 0 Å². The molecule has 0 spiro atoms. The molecule has 1 aliphatic carbocycles. The molecule has 1 unspecified atom stereocenters. The molecule has 0 aliphatic heterocycles. The van der Waals surface area contributed by atoms with Crippen molar-refractivity contribution in [1.82, 2.24) is 0 Å². The van der Waals surface area contributed by atoms with Crippen LogP contribution in [0.2, 0.25) is 0 Å². The van der Waals surface area contributed by atoms with E-state index in [1.165, 1.54) is 225 Å². The fourth-order valence-electron chi connectivity index (χ4n) is 7.30. The maximum Gasteiger partial charge on any atom is -0.0351 e. The third kappa shape index (κ3) is 28.3. The molecule has 1 rings (SSSR count). The normalized spacial score (nSPS) is 15.3. The largest absolute Gasteiger partial charge is 0.0885 e. The van der Waals surface area contributed by atoms with Crippen LogP contribution in [0.25, 0.3) is 0 Å². The second kappa shape index (κ2) is 32.6. The summed E-state index contributed by atoms with van der Waals surface area (Å²) in [6.45, 7) is 4.84. The lowest BCUT2D eigenvalue weighted by Crippen LogP contribution is -2.15. The topological polar surface area (TPSA) is 0 Å². The zero-order valence-corrected chi connectivity index (χ0v) is 29.1. The Labute approximate surface area is 262 Å². The summed E-state index contributed by atoms with van der Waals surface area (Å²) < 4.78 is 0. The average Bonchev–Trinajstić information content (AvgIpc) is 3.00. The zero-order valence-electron chi connectivity index (χ0n) is 29.1. The number of rotatable bonds is 32. The van der Waals surface area contributed by atoms with Crippen molar-refractivity contribution in [3.8, 4) is 0 Å². The predicted octanol–water partition coefficient (Wildman–Crippen LogP) is 15.5. The second-order valence-corrected chi connectivity index (χ2v) is 14.4. The summed E-state index contributed by atoms with van der Waals surface area (Å²) >= 11 is 0. The SMILES string of the molecule is CCCCCCCCCCCCCCCCC/C=C/CCCCCCCCCCCCCCC(C)C1CCCCC1. The third-order valence-electron chi connectivity index (χ3n) is 10.4. The van der Waals surface area contributed by atoms with Gasteiger partial charge in [-0.3, -0.25) is 0 Å². The van der Waals surface area contributed by atoms with Crippen LogP contribution in [-0.4, -0.2) is 0 Å². The van der Waals surface area contributed by atoms with Gasteiger partial charge in [0, 0.05) is 0 Å². The highest BCUT2D eigenvalue weighted by Crippen LogP contribution is 2.32. The van der Waals surface area contributed by atoms with Gasteiger partial charge >= 0.3 is 0 Å². The monoisotopic (exact) mass is 573 g/mol. The summed E-state index contributed by atoms with van der Waals surface area (Å²) in [6.07, 6.45) is 56.3. The third-order valence-corrected chi connectivity index (χ3v) is 10.4. The zero-order chi connectivity index (χ0) is 29.3. The van der Waals surface area contributed by atoms with Crippen LogP contribution in [0.3, 0.4) is 0 Å². The van der Waals surface area contributed by atoms with E-state index in [1.54, 1.807) is 0 Å². The molecular formula is C41H80. The van der Waals surface area contributed by atoms with Crippen LogP contribution in [0.1, 0.15) is 239 Å². The Bertz CT molecular complexity index is 498. The molecule has 0 radical (unpaired) electrons. The fourth-order valence-corrected chi connectivity index (χ4v) is 7.30. The van der Waals surface area contributed by atoms with Crippen molar-refractivity contribution in [2.45, 2.75) is 239 Å². The van der Waals surface area contributed by atoms with E-state index >= 15 is 0 Å². The Hall–Kier alpha value is -0.260. The lowest BCUT2D eigenvalue weighted by Gasteiger charge is -2.27. The number of unbranched alkanes of at least 4 members (excludes halogenated alkanes) is 27. The quantitative estimate of drug-likeness (QED) is 0.0555. The first kappa shape index (κ1) is 38.8. The van der Waals surface area contributed by atoms with E-state index in [1.807, 2.05) is 0 Å². The molecular weight excluding hydrogens is 492 g/mol. The molecule has 244 valence electrons. The highest BCUT2D eigenvalue weighted by molar-refractivity contribution is 4.81. The molecule has 0 heterocycles. The summed E-state index contributed by atoms with van der Waals surface area (Å²) in [5.74, 6) is 2.06. The van der Waals surface area contributed by atoms with E-state index in [-0.39, 0.29) is 0 Å². The summed E-state index contributed by atoms with van der Waals surface area (Å²) in [5, 5.41) is 0. The van der Waals surface area contributed by atoms with Crippen LogP contribution < -0.4 is 0 Å². The second-order valence-electron chi connectivity index (χ2n) is 14.4. The highest BCUT2D eigenvalue weighted by atomic mass is 14.2. The Kier molecular flexibility index (Phi) is 30.9. The van der Waals surface area contributed by atoms with Gasteiger partial charge in [-0.05, 0) is 37.5 Å². The average molecular weight is 573 g/mol. The minimum atomic E-state index is 0.995. The molecule has 0 nitrogen and oxygen atoms in total.